The van der Waals surface area contributed by atoms with Crippen LogP contribution in [0.3, 0.4) is 0 Å². The minimum absolute atomic E-state index is 0.660. The van der Waals surface area contributed by atoms with Crippen molar-refractivity contribution in [2.45, 2.75) is 65.3 Å². The highest BCUT2D eigenvalue weighted by Crippen LogP contribution is 2.30. The van der Waals surface area contributed by atoms with Crippen molar-refractivity contribution >= 4 is 28.4 Å². The molecule has 0 N–H and O–H groups in total. The van der Waals surface area contributed by atoms with Gasteiger partial charge in [-0.25, -0.2) is 9.97 Å². The highest BCUT2D eigenvalue weighted by molar-refractivity contribution is 14.1. The van der Waals surface area contributed by atoms with Crippen LogP contribution >= 0.6 is 22.6 Å². The standard InChI is InChI=1S/C16H26IN3/c1-4-14-15(17)16(19-11-18-14)20(10-12(2)3)13-8-6-5-7-9-13/h11-13H,4-10H2,1-3H3. The summed E-state index contributed by atoms with van der Waals surface area (Å²) in [6.07, 6.45) is 9.47. The molecule has 20 heavy (non-hydrogen) atoms. The summed E-state index contributed by atoms with van der Waals surface area (Å²) in [5, 5.41) is 0. The molecule has 3 nitrogen and oxygen atoms in total. The van der Waals surface area contributed by atoms with E-state index in [0.29, 0.717) is 12.0 Å². The van der Waals surface area contributed by atoms with Gasteiger partial charge in [-0.05, 0) is 47.8 Å². The molecular weight excluding hydrogens is 361 g/mol. The van der Waals surface area contributed by atoms with Gasteiger partial charge in [0.1, 0.15) is 12.1 Å². The molecule has 1 fully saturated rings. The van der Waals surface area contributed by atoms with Crippen LogP contribution in [0, 0.1) is 9.49 Å². The van der Waals surface area contributed by atoms with E-state index in [4.69, 9.17) is 0 Å². The number of nitrogens with zero attached hydrogens (tertiary/aromatic N) is 3. The van der Waals surface area contributed by atoms with E-state index < -0.39 is 0 Å². The molecule has 1 aromatic rings. The summed E-state index contributed by atoms with van der Waals surface area (Å²) < 4.78 is 1.25. The third kappa shape index (κ3) is 3.83. The Morgan fingerprint density at radius 1 is 1.25 bits per heavy atom. The van der Waals surface area contributed by atoms with Crippen LogP contribution in [0.5, 0.6) is 0 Å². The molecule has 1 saturated carbocycles. The fraction of sp³-hybridized carbons (Fsp3) is 0.750. The van der Waals surface area contributed by atoms with Crippen molar-refractivity contribution in [3.05, 3.63) is 15.6 Å². The van der Waals surface area contributed by atoms with Gasteiger partial charge in [0.2, 0.25) is 0 Å². The third-order valence-electron chi connectivity index (χ3n) is 4.03. The first kappa shape index (κ1) is 16.0. The molecule has 112 valence electrons. The van der Waals surface area contributed by atoms with Gasteiger partial charge in [-0.3, -0.25) is 0 Å². The second-order valence-corrected chi connectivity index (χ2v) is 7.23. The van der Waals surface area contributed by atoms with Gasteiger partial charge in [-0.15, -0.1) is 0 Å². The summed E-state index contributed by atoms with van der Waals surface area (Å²) in [6.45, 7) is 7.86. The molecule has 0 bridgehead atoms. The van der Waals surface area contributed by atoms with Crippen molar-refractivity contribution in [3.8, 4) is 0 Å². The molecule has 1 aromatic heterocycles. The number of aryl methyl sites for hydroxylation is 1. The fourth-order valence-corrected chi connectivity index (χ4v) is 4.01. The molecule has 1 aliphatic carbocycles. The van der Waals surface area contributed by atoms with E-state index in [-0.39, 0.29) is 0 Å². The lowest BCUT2D eigenvalue weighted by Gasteiger charge is -2.37. The Labute approximate surface area is 136 Å². The summed E-state index contributed by atoms with van der Waals surface area (Å²) in [7, 11) is 0. The van der Waals surface area contributed by atoms with Crippen LogP contribution in [-0.4, -0.2) is 22.6 Å². The lowest BCUT2D eigenvalue weighted by molar-refractivity contribution is 0.398. The average Bonchev–Trinajstić information content (AvgIpc) is 2.46. The smallest absolute Gasteiger partial charge is 0.146 e. The molecule has 1 heterocycles. The Balaban J connectivity index is 2.30. The molecule has 0 aromatic carbocycles. The number of aromatic nitrogens is 2. The molecule has 0 unspecified atom stereocenters. The predicted molar refractivity (Wildman–Crippen MR) is 93.2 cm³/mol. The number of hydrogen-bond donors (Lipinski definition) is 0. The van der Waals surface area contributed by atoms with E-state index in [1.807, 2.05) is 0 Å². The number of rotatable bonds is 5. The van der Waals surface area contributed by atoms with Crippen LogP contribution < -0.4 is 4.90 Å². The van der Waals surface area contributed by atoms with Crippen LogP contribution in [0.4, 0.5) is 5.82 Å². The van der Waals surface area contributed by atoms with Gasteiger partial charge in [0.15, 0.2) is 0 Å². The molecule has 0 atom stereocenters. The van der Waals surface area contributed by atoms with Gasteiger partial charge in [-0.2, -0.15) is 0 Å². The zero-order valence-electron chi connectivity index (χ0n) is 12.9. The predicted octanol–water partition coefficient (Wildman–Crippen LogP) is 4.44. The summed E-state index contributed by atoms with van der Waals surface area (Å²) >= 11 is 2.43. The van der Waals surface area contributed by atoms with Crippen molar-refractivity contribution < 1.29 is 0 Å². The van der Waals surface area contributed by atoms with Gasteiger partial charge < -0.3 is 4.90 Å². The Bertz CT molecular complexity index is 428. The summed E-state index contributed by atoms with van der Waals surface area (Å²) in [6, 6.07) is 0.666. The van der Waals surface area contributed by atoms with Crippen LogP contribution in [0.15, 0.2) is 6.33 Å². The Morgan fingerprint density at radius 3 is 2.55 bits per heavy atom. The van der Waals surface area contributed by atoms with Crippen LogP contribution in [0.25, 0.3) is 0 Å². The minimum Gasteiger partial charge on any atom is -0.352 e. The third-order valence-corrected chi connectivity index (χ3v) is 5.13. The molecule has 0 amide bonds. The number of hydrogen-bond acceptors (Lipinski definition) is 3. The Morgan fingerprint density at radius 2 is 1.95 bits per heavy atom. The summed E-state index contributed by atoms with van der Waals surface area (Å²) in [4.78, 5) is 11.6. The molecule has 0 aliphatic heterocycles. The van der Waals surface area contributed by atoms with Crippen LogP contribution in [-0.2, 0) is 6.42 Å². The van der Waals surface area contributed by atoms with E-state index in [2.05, 4.69) is 58.2 Å². The van der Waals surface area contributed by atoms with E-state index in [1.54, 1.807) is 6.33 Å². The average molecular weight is 387 g/mol. The van der Waals surface area contributed by atoms with Gasteiger partial charge in [0.25, 0.3) is 0 Å². The van der Waals surface area contributed by atoms with E-state index in [1.165, 1.54) is 41.4 Å². The van der Waals surface area contributed by atoms with Gasteiger partial charge in [-0.1, -0.05) is 40.0 Å². The monoisotopic (exact) mass is 387 g/mol. The lowest BCUT2D eigenvalue weighted by atomic mass is 9.93. The SMILES string of the molecule is CCc1ncnc(N(CC(C)C)C2CCCCC2)c1I. The summed E-state index contributed by atoms with van der Waals surface area (Å²) in [5.41, 5.74) is 1.18. The van der Waals surface area contributed by atoms with Crippen LogP contribution in [0.1, 0.15) is 58.6 Å². The van der Waals surface area contributed by atoms with Crippen molar-refractivity contribution in [2.75, 3.05) is 11.4 Å². The van der Waals surface area contributed by atoms with E-state index in [9.17, 15) is 0 Å². The topological polar surface area (TPSA) is 29.0 Å². The molecule has 0 spiro atoms. The Hall–Kier alpha value is -0.390. The second kappa shape index (κ2) is 7.57. The normalized spacial score (nSPS) is 16.6. The van der Waals surface area contributed by atoms with Crippen molar-refractivity contribution in [1.82, 2.24) is 9.97 Å². The Kier molecular flexibility index (Phi) is 6.05. The van der Waals surface area contributed by atoms with Gasteiger partial charge >= 0.3 is 0 Å². The largest absolute Gasteiger partial charge is 0.352 e. The molecule has 4 heteroatoms. The minimum atomic E-state index is 0.660. The van der Waals surface area contributed by atoms with E-state index >= 15 is 0 Å². The van der Waals surface area contributed by atoms with Crippen molar-refractivity contribution in [1.29, 1.82) is 0 Å². The highest BCUT2D eigenvalue weighted by atomic mass is 127. The van der Waals surface area contributed by atoms with E-state index in [0.717, 1.165) is 18.8 Å². The maximum Gasteiger partial charge on any atom is 0.146 e. The van der Waals surface area contributed by atoms with Crippen LogP contribution in [0.2, 0.25) is 0 Å². The first-order valence-corrected chi connectivity index (χ1v) is 8.97. The molecule has 1 aliphatic rings. The van der Waals surface area contributed by atoms with Gasteiger partial charge in [0, 0.05) is 12.6 Å². The number of halogens is 1. The molecular formula is C16H26IN3. The lowest BCUT2D eigenvalue weighted by Crippen LogP contribution is -2.40. The van der Waals surface area contributed by atoms with Gasteiger partial charge in [0.05, 0.1) is 9.26 Å². The zero-order chi connectivity index (χ0) is 14.5. The van der Waals surface area contributed by atoms with Crippen molar-refractivity contribution in [3.63, 3.8) is 0 Å². The first-order valence-electron chi connectivity index (χ1n) is 7.89. The fourth-order valence-electron chi connectivity index (χ4n) is 3.04. The number of anilines is 1. The maximum atomic E-state index is 4.62. The quantitative estimate of drug-likeness (QED) is 0.700. The molecule has 0 saturated heterocycles. The molecule has 2 rings (SSSR count). The van der Waals surface area contributed by atoms with Crippen molar-refractivity contribution in [2.24, 2.45) is 5.92 Å². The highest BCUT2D eigenvalue weighted by Gasteiger charge is 2.25. The first-order chi connectivity index (χ1) is 9.63. The summed E-state index contributed by atoms with van der Waals surface area (Å²) in [5.74, 6) is 1.82. The maximum absolute atomic E-state index is 4.62. The zero-order valence-corrected chi connectivity index (χ0v) is 15.1. The molecule has 0 radical (unpaired) electrons. The second-order valence-electron chi connectivity index (χ2n) is 6.15.